The monoisotopic (exact) mass is 412 g/mol. The first kappa shape index (κ1) is 20.5. The number of aryl methyl sites for hydroxylation is 1. The number of anilines is 1. The van der Waals surface area contributed by atoms with E-state index in [2.05, 4.69) is 26.2 Å². The van der Waals surface area contributed by atoms with Crippen LogP contribution >= 0.6 is 11.6 Å². The molecular formula is C20H21ClN6O2. The van der Waals surface area contributed by atoms with E-state index in [0.29, 0.717) is 22.1 Å². The molecule has 0 fully saturated rings. The van der Waals surface area contributed by atoms with Crippen molar-refractivity contribution in [2.45, 2.75) is 19.9 Å². The maximum atomic E-state index is 12.8. The molecule has 0 radical (unpaired) electrons. The van der Waals surface area contributed by atoms with Crippen LogP contribution in [0.3, 0.4) is 0 Å². The van der Waals surface area contributed by atoms with Crippen LogP contribution in [0.5, 0.6) is 0 Å². The third-order valence-electron chi connectivity index (χ3n) is 4.35. The first-order valence-corrected chi connectivity index (χ1v) is 9.43. The highest BCUT2D eigenvalue weighted by Crippen LogP contribution is 2.20. The quantitative estimate of drug-likeness (QED) is 0.648. The highest BCUT2D eigenvalue weighted by atomic mass is 35.5. The van der Waals surface area contributed by atoms with Crippen LogP contribution in [-0.2, 0) is 11.8 Å². The van der Waals surface area contributed by atoms with Gasteiger partial charge in [0.05, 0.1) is 0 Å². The number of rotatable bonds is 6. The molecule has 0 aliphatic carbocycles. The predicted octanol–water partition coefficient (Wildman–Crippen LogP) is 2.92. The molecule has 0 spiro atoms. The van der Waals surface area contributed by atoms with Crippen molar-refractivity contribution in [1.29, 1.82) is 0 Å². The fraction of sp³-hybridized carbons (Fsp3) is 0.250. The van der Waals surface area contributed by atoms with Crippen LogP contribution < -0.4 is 10.6 Å². The second kappa shape index (κ2) is 8.83. The molecule has 1 heterocycles. The lowest BCUT2D eigenvalue weighted by Gasteiger charge is -2.22. The van der Waals surface area contributed by atoms with Gasteiger partial charge in [0.2, 0.25) is 5.91 Å². The summed E-state index contributed by atoms with van der Waals surface area (Å²) in [5.41, 5.74) is 1.79. The smallest absolute Gasteiger partial charge is 0.251 e. The normalized spacial score (nSPS) is 11.9. The Morgan fingerprint density at radius 1 is 1.10 bits per heavy atom. The molecule has 8 nitrogen and oxygen atoms in total. The number of tetrazole rings is 1. The van der Waals surface area contributed by atoms with Crippen molar-refractivity contribution in [3.8, 4) is 11.4 Å². The zero-order valence-corrected chi connectivity index (χ0v) is 17.0. The molecule has 3 aromatic rings. The number of hydrogen-bond acceptors (Lipinski definition) is 5. The Kier molecular flexibility index (Phi) is 6.23. The minimum atomic E-state index is -0.710. The number of aromatic nitrogens is 4. The van der Waals surface area contributed by atoms with E-state index >= 15 is 0 Å². The summed E-state index contributed by atoms with van der Waals surface area (Å²) in [7, 11) is 1.74. The number of halogens is 1. The average molecular weight is 413 g/mol. The zero-order chi connectivity index (χ0) is 21.0. The van der Waals surface area contributed by atoms with E-state index in [1.807, 2.05) is 19.9 Å². The third-order valence-corrected chi connectivity index (χ3v) is 4.60. The molecule has 150 valence electrons. The molecule has 2 amide bonds. The second-order valence-corrected chi connectivity index (χ2v) is 7.33. The van der Waals surface area contributed by atoms with Crippen LogP contribution in [0.2, 0.25) is 5.02 Å². The van der Waals surface area contributed by atoms with E-state index in [-0.39, 0.29) is 17.7 Å². The molecule has 3 rings (SSSR count). The topological polar surface area (TPSA) is 102 Å². The molecule has 0 aliphatic heterocycles. The average Bonchev–Trinajstić information content (AvgIpc) is 3.12. The van der Waals surface area contributed by atoms with E-state index in [4.69, 9.17) is 11.6 Å². The molecule has 0 saturated heterocycles. The highest BCUT2D eigenvalue weighted by Gasteiger charge is 2.25. The summed E-state index contributed by atoms with van der Waals surface area (Å²) in [4.78, 5) is 25.4. The SMILES string of the molecule is CC(C)C(NC(=O)c1ccc(Cl)cc1)C(=O)Nc1cccc(-c2nnnn2C)c1. The summed E-state index contributed by atoms with van der Waals surface area (Å²) >= 11 is 5.86. The summed E-state index contributed by atoms with van der Waals surface area (Å²) in [5.74, 6) is -0.181. The minimum Gasteiger partial charge on any atom is -0.340 e. The third kappa shape index (κ3) is 4.97. The standard InChI is InChI=1S/C20H21ClN6O2/c1-12(2)17(23-19(28)13-7-9-15(21)10-8-13)20(29)22-16-6-4-5-14(11-16)18-24-25-26-27(18)3/h4-12,17H,1-3H3,(H,22,29)(H,23,28). The Labute approximate surface area is 173 Å². The number of benzene rings is 2. The molecule has 29 heavy (non-hydrogen) atoms. The highest BCUT2D eigenvalue weighted by molar-refractivity contribution is 6.30. The van der Waals surface area contributed by atoms with Crippen molar-refractivity contribution in [3.63, 3.8) is 0 Å². The van der Waals surface area contributed by atoms with E-state index in [9.17, 15) is 9.59 Å². The number of nitrogens with zero attached hydrogens (tertiary/aromatic N) is 4. The van der Waals surface area contributed by atoms with E-state index in [0.717, 1.165) is 5.56 Å². The first-order valence-electron chi connectivity index (χ1n) is 9.05. The molecule has 0 aliphatic rings. The predicted molar refractivity (Wildman–Crippen MR) is 110 cm³/mol. The van der Waals surface area contributed by atoms with Crippen molar-refractivity contribution in [3.05, 3.63) is 59.1 Å². The lowest BCUT2D eigenvalue weighted by molar-refractivity contribution is -0.118. The van der Waals surface area contributed by atoms with Gasteiger partial charge >= 0.3 is 0 Å². The molecule has 1 unspecified atom stereocenters. The molecular weight excluding hydrogens is 392 g/mol. The summed E-state index contributed by atoms with van der Waals surface area (Å²) in [6.07, 6.45) is 0. The number of hydrogen-bond donors (Lipinski definition) is 2. The number of nitrogens with one attached hydrogen (secondary N) is 2. The lowest BCUT2D eigenvalue weighted by atomic mass is 10.0. The van der Waals surface area contributed by atoms with Crippen LogP contribution in [0.15, 0.2) is 48.5 Å². The van der Waals surface area contributed by atoms with Gasteiger partial charge in [-0.1, -0.05) is 37.6 Å². The van der Waals surface area contributed by atoms with Crippen molar-refractivity contribution < 1.29 is 9.59 Å². The summed E-state index contributed by atoms with van der Waals surface area (Å²) < 4.78 is 1.55. The molecule has 2 aromatic carbocycles. The van der Waals surface area contributed by atoms with Gasteiger partial charge in [-0.15, -0.1) is 5.10 Å². The van der Waals surface area contributed by atoms with Gasteiger partial charge in [-0.25, -0.2) is 4.68 Å². The molecule has 0 saturated carbocycles. The van der Waals surface area contributed by atoms with Crippen molar-refractivity contribution in [1.82, 2.24) is 25.5 Å². The van der Waals surface area contributed by atoms with Crippen LogP contribution in [0.1, 0.15) is 24.2 Å². The van der Waals surface area contributed by atoms with E-state index in [1.165, 1.54) is 0 Å². The van der Waals surface area contributed by atoms with Gasteiger partial charge in [0.25, 0.3) is 5.91 Å². The zero-order valence-electron chi connectivity index (χ0n) is 16.3. The maximum absolute atomic E-state index is 12.8. The Morgan fingerprint density at radius 3 is 2.45 bits per heavy atom. The number of carbonyl (C=O) groups is 2. The van der Waals surface area contributed by atoms with Gasteiger partial charge in [-0.05, 0) is 52.7 Å². The Morgan fingerprint density at radius 2 is 1.83 bits per heavy atom. The summed E-state index contributed by atoms with van der Waals surface area (Å²) in [5, 5.41) is 17.6. The Balaban J connectivity index is 1.74. The molecule has 9 heteroatoms. The Hall–Kier alpha value is -3.26. The molecule has 2 N–H and O–H groups in total. The largest absolute Gasteiger partial charge is 0.340 e. The number of amides is 2. The van der Waals surface area contributed by atoms with E-state index < -0.39 is 6.04 Å². The second-order valence-electron chi connectivity index (χ2n) is 6.90. The summed E-state index contributed by atoms with van der Waals surface area (Å²) in [6, 6.07) is 13.0. The molecule has 0 bridgehead atoms. The first-order chi connectivity index (χ1) is 13.8. The fourth-order valence-corrected chi connectivity index (χ4v) is 2.92. The van der Waals surface area contributed by atoms with Crippen molar-refractivity contribution in [2.24, 2.45) is 13.0 Å². The van der Waals surface area contributed by atoms with Crippen LogP contribution in [0.25, 0.3) is 11.4 Å². The Bertz CT molecular complexity index is 1020. The van der Waals surface area contributed by atoms with Crippen LogP contribution in [-0.4, -0.2) is 38.1 Å². The van der Waals surface area contributed by atoms with Crippen molar-refractivity contribution in [2.75, 3.05) is 5.32 Å². The van der Waals surface area contributed by atoms with E-state index in [1.54, 1.807) is 54.2 Å². The summed E-state index contributed by atoms with van der Waals surface area (Å²) in [6.45, 7) is 3.74. The number of carbonyl (C=O) groups excluding carboxylic acids is 2. The van der Waals surface area contributed by atoms with Crippen LogP contribution in [0.4, 0.5) is 5.69 Å². The fourth-order valence-electron chi connectivity index (χ4n) is 2.79. The lowest BCUT2D eigenvalue weighted by Crippen LogP contribution is -2.47. The van der Waals surface area contributed by atoms with Gasteiger partial charge in [0.1, 0.15) is 6.04 Å². The molecule has 1 atom stereocenters. The molecule has 1 aromatic heterocycles. The van der Waals surface area contributed by atoms with Crippen molar-refractivity contribution >= 4 is 29.1 Å². The van der Waals surface area contributed by atoms with Gasteiger partial charge in [0, 0.05) is 28.9 Å². The van der Waals surface area contributed by atoms with Gasteiger partial charge < -0.3 is 10.6 Å². The minimum absolute atomic E-state index is 0.114. The van der Waals surface area contributed by atoms with Gasteiger partial charge in [-0.2, -0.15) is 0 Å². The van der Waals surface area contributed by atoms with Crippen LogP contribution in [0, 0.1) is 5.92 Å². The van der Waals surface area contributed by atoms with Gasteiger partial charge in [0.15, 0.2) is 5.82 Å². The van der Waals surface area contributed by atoms with Gasteiger partial charge in [-0.3, -0.25) is 9.59 Å². The maximum Gasteiger partial charge on any atom is 0.251 e.